The van der Waals surface area contributed by atoms with Gasteiger partial charge in [0.05, 0.1) is 37.9 Å². The van der Waals surface area contributed by atoms with Gasteiger partial charge in [-0.2, -0.15) is 0 Å². The summed E-state index contributed by atoms with van der Waals surface area (Å²) in [7, 11) is 0. The van der Waals surface area contributed by atoms with Crippen molar-refractivity contribution in [2.45, 2.75) is 63.5 Å². The lowest BCUT2D eigenvalue weighted by molar-refractivity contribution is -0.169. The van der Waals surface area contributed by atoms with Crippen molar-refractivity contribution < 1.29 is 33.0 Å². The van der Waals surface area contributed by atoms with E-state index >= 15 is 0 Å². The number of aliphatic hydroxyl groups is 1. The van der Waals surface area contributed by atoms with Gasteiger partial charge in [-0.25, -0.2) is 8.78 Å². The molecule has 0 spiro atoms. The molecule has 0 unspecified atom stereocenters. The van der Waals surface area contributed by atoms with Crippen LogP contribution in [0.25, 0.3) is 0 Å². The minimum atomic E-state index is -0.738. The van der Waals surface area contributed by atoms with E-state index in [1.165, 1.54) is 12.1 Å². The fourth-order valence-electron chi connectivity index (χ4n) is 4.02. The number of fused-ring (bicyclic) bond motifs is 1. The molecule has 1 aromatic carbocycles. The Hall–Kier alpha value is -2.10. The summed E-state index contributed by atoms with van der Waals surface area (Å²) in [6.07, 6.45) is 0.192. The van der Waals surface area contributed by atoms with Crippen LogP contribution in [0.3, 0.4) is 0 Å². The molecule has 0 aliphatic carbocycles. The first kappa shape index (κ1) is 22.6. The standard InChI is InChI=1S/C21H28F2N2O5/c1-2-21(28)25-10-16(26)11-29-12-19-18(25)4-3-17(30-19)8-20(27)24-9-13-5-14(22)7-15(23)6-13/h5-7,16-19,26H,2-4,8-12H2,1H3,(H,24,27)/t16-,17+,18-,19+/m1/s1. The first-order valence-corrected chi connectivity index (χ1v) is 10.3. The lowest BCUT2D eigenvalue weighted by Gasteiger charge is -2.44. The number of nitrogens with one attached hydrogen (secondary N) is 1. The quantitative estimate of drug-likeness (QED) is 0.746. The van der Waals surface area contributed by atoms with Gasteiger partial charge in [0.25, 0.3) is 0 Å². The molecule has 7 nitrogen and oxygen atoms in total. The zero-order valence-corrected chi connectivity index (χ0v) is 17.0. The highest BCUT2D eigenvalue weighted by molar-refractivity contribution is 5.77. The molecule has 0 aromatic heterocycles. The molecule has 9 heteroatoms. The first-order valence-electron chi connectivity index (χ1n) is 10.3. The summed E-state index contributed by atoms with van der Waals surface area (Å²) >= 11 is 0. The van der Waals surface area contributed by atoms with Crippen LogP contribution >= 0.6 is 0 Å². The van der Waals surface area contributed by atoms with Crippen molar-refractivity contribution in [3.05, 3.63) is 35.4 Å². The summed E-state index contributed by atoms with van der Waals surface area (Å²) in [5.41, 5.74) is 0.339. The number of hydrogen-bond acceptors (Lipinski definition) is 5. The van der Waals surface area contributed by atoms with Gasteiger partial charge in [-0.05, 0) is 30.5 Å². The molecule has 166 valence electrons. The van der Waals surface area contributed by atoms with Crippen molar-refractivity contribution >= 4 is 11.8 Å². The molecule has 2 heterocycles. The van der Waals surface area contributed by atoms with Gasteiger partial charge >= 0.3 is 0 Å². The zero-order chi connectivity index (χ0) is 21.7. The van der Waals surface area contributed by atoms with Crippen LogP contribution in [-0.2, 0) is 25.6 Å². The highest BCUT2D eigenvalue weighted by atomic mass is 19.1. The van der Waals surface area contributed by atoms with Gasteiger partial charge in [-0.1, -0.05) is 6.92 Å². The van der Waals surface area contributed by atoms with Crippen molar-refractivity contribution in [3.63, 3.8) is 0 Å². The summed E-state index contributed by atoms with van der Waals surface area (Å²) in [4.78, 5) is 26.3. The molecule has 2 aliphatic heterocycles. The molecule has 2 fully saturated rings. The van der Waals surface area contributed by atoms with Crippen molar-refractivity contribution in [1.82, 2.24) is 10.2 Å². The van der Waals surface area contributed by atoms with E-state index in [0.717, 1.165) is 6.07 Å². The van der Waals surface area contributed by atoms with E-state index in [-0.39, 0.29) is 62.8 Å². The maximum Gasteiger partial charge on any atom is 0.222 e. The highest BCUT2D eigenvalue weighted by Gasteiger charge is 2.39. The Bertz CT molecular complexity index is 743. The van der Waals surface area contributed by atoms with Gasteiger partial charge in [-0.3, -0.25) is 9.59 Å². The second-order valence-electron chi connectivity index (χ2n) is 7.79. The number of ether oxygens (including phenoxy) is 2. The fraction of sp³-hybridized carbons (Fsp3) is 0.619. The van der Waals surface area contributed by atoms with Crippen LogP contribution in [0.5, 0.6) is 0 Å². The molecular formula is C21H28F2N2O5. The summed E-state index contributed by atoms with van der Waals surface area (Å²) in [5, 5.41) is 12.7. The van der Waals surface area contributed by atoms with E-state index in [4.69, 9.17) is 9.47 Å². The third kappa shape index (κ3) is 5.96. The number of rotatable bonds is 5. The summed E-state index contributed by atoms with van der Waals surface area (Å²) in [6.45, 7) is 2.35. The van der Waals surface area contributed by atoms with Crippen molar-refractivity contribution in [2.24, 2.45) is 0 Å². The predicted octanol–water partition coefficient (Wildman–Crippen LogP) is 1.52. The van der Waals surface area contributed by atoms with E-state index in [2.05, 4.69) is 5.32 Å². The number of β-amino-alcohol motifs (C(OH)–C–C–N with tert-alkyl or cyclic N) is 1. The van der Waals surface area contributed by atoms with Gasteiger partial charge in [-0.15, -0.1) is 0 Å². The lowest BCUT2D eigenvalue weighted by atomic mass is 9.94. The lowest BCUT2D eigenvalue weighted by Crippen LogP contribution is -2.57. The topological polar surface area (TPSA) is 88.1 Å². The van der Waals surface area contributed by atoms with Crippen LogP contribution in [0, 0.1) is 11.6 Å². The number of halogens is 2. The van der Waals surface area contributed by atoms with Crippen LogP contribution in [0.4, 0.5) is 8.78 Å². The Morgan fingerprint density at radius 1 is 1.20 bits per heavy atom. The average molecular weight is 426 g/mol. The Morgan fingerprint density at radius 2 is 1.93 bits per heavy atom. The monoisotopic (exact) mass is 426 g/mol. The van der Waals surface area contributed by atoms with Crippen LogP contribution in [0.2, 0.25) is 0 Å². The van der Waals surface area contributed by atoms with Crippen LogP contribution < -0.4 is 5.32 Å². The molecule has 2 aliphatic rings. The largest absolute Gasteiger partial charge is 0.389 e. The van der Waals surface area contributed by atoms with E-state index in [0.29, 0.717) is 24.8 Å². The van der Waals surface area contributed by atoms with Crippen LogP contribution in [-0.4, -0.2) is 65.9 Å². The zero-order valence-electron chi connectivity index (χ0n) is 17.0. The smallest absolute Gasteiger partial charge is 0.222 e. The second kappa shape index (κ2) is 10.3. The third-order valence-corrected chi connectivity index (χ3v) is 5.43. The van der Waals surface area contributed by atoms with Crippen molar-refractivity contribution in [3.8, 4) is 0 Å². The number of nitrogens with zero attached hydrogens (tertiary/aromatic N) is 1. The number of aliphatic hydroxyl groups excluding tert-OH is 1. The molecule has 0 saturated carbocycles. The number of carbonyl (C=O) groups is 2. The van der Waals surface area contributed by atoms with E-state index in [9.17, 15) is 23.5 Å². The van der Waals surface area contributed by atoms with E-state index in [1.807, 2.05) is 0 Å². The first-order chi connectivity index (χ1) is 14.4. The maximum absolute atomic E-state index is 13.3. The predicted molar refractivity (Wildman–Crippen MR) is 103 cm³/mol. The SMILES string of the molecule is CCC(=O)N1C[C@@H](O)COC[C@@H]2O[C@H](CC(=O)NCc3cc(F)cc(F)c3)CC[C@H]21. The molecule has 2 amide bonds. The molecule has 0 radical (unpaired) electrons. The minimum Gasteiger partial charge on any atom is -0.389 e. The normalized spacial score (nSPS) is 27.0. The molecule has 1 aromatic rings. The van der Waals surface area contributed by atoms with Gasteiger partial charge in [0.1, 0.15) is 17.7 Å². The number of benzene rings is 1. The number of amides is 2. The van der Waals surface area contributed by atoms with Crippen LogP contribution in [0.15, 0.2) is 18.2 Å². The van der Waals surface area contributed by atoms with Gasteiger partial charge < -0.3 is 24.8 Å². The Labute approximate surface area is 174 Å². The maximum atomic E-state index is 13.3. The van der Waals surface area contributed by atoms with Crippen LogP contribution in [0.1, 0.15) is 38.2 Å². The molecule has 2 N–H and O–H groups in total. The minimum absolute atomic E-state index is 0.0199. The molecule has 4 atom stereocenters. The Balaban J connectivity index is 1.55. The highest BCUT2D eigenvalue weighted by Crippen LogP contribution is 2.28. The summed E-state index contributed by atoms with van der Waals surface area (Å²) in [6, 6.07) is 2.91. The molecule has 0 bridgehead atoms. The summed E-state index contributed by atoms with van der Waals surface area (Å²) < 4.78 is 38.1. The summed E-state index contributed by atoms with van der Waals surface area (Å²) in [5.74, 6) is -1.72. The van der Waals surface area contributed by atoms with Crippen molar-refractivity contribution in [2.75, 3.05) is 19.8 Å². The second-order valence-corrected chi connectivity index (χ2v) is 7.79. The Morgan fingerprint density at radius 3 is 2.63 bits per heavy atom. The van der Waals surface area contributed by atoms with Crippen molar-refractivity contribution in [1.29, 1.82) is 0 Å². The molecular weight excluding hydrogens is 398 g/mol. The molecule has 30 heavy (non-hydrogen) atoms. The average Bonchev–Trinajstić information content (AvgIpc) is 2.68. The number of carbonyl (C=O) groups excluding carboxylic acids is 2. The van der Waals surface area contributed by atoms with Gasteiger partial charge in [0, 0.05) is 25.6 Å². The fourth-order valence-corrected chi connectivity index (χ4v) is 4.02. The number of hydrogen-bond donors (Lipinski definition) is 2. The van der Waals surface area contributed by atoms with Gasteiger partial charge in [0.15, 0.2) is 0 Å². The van der Waals surface area contributed by atoms with E-state index < -0.39 is 17.7 Å². The Kier molecular flexibility index (Phi) is 7.74. The van der Waals surface area contributed by atoms with Gasteiger partial charge in [0.2, 0.25) is 11.8 Å². The molecule has 3 rings (SSSR count). The third-order valence-electron chi connectivity index (χ3n) is 5.43. The molecule has 2 saturated heterocycles. The van der Waals surface area contributed by atoms with E-state index in [1.54, 1.807) is 11.8 Å².